The summed E-state index contributed by atoms with van der Waals surface area (Å²) in [6.07, 6.45) is 2.70. The Balaban J connectivity index is 1.21. The molecule has 5 heteroatoms. The third kappa shape index (κ3) is 5.61. The molecule has 0 saturated carbocycles. The number of benzene rings is 3. The Labute approximate surface area is 195 Å². The van der Waals surface area contributed by atoms with Gasteiger partial charge in [-0.2, -0.15) is 0 Å². The Bertz CT molecular complexity index is 1140. The molecule has 2 N–H and O–H groups in total. The van der Waals surface area contributed by atoms with Crippen LogP contribution >= 0.6 is 0 Å². The van der Waals surface area contributed by atoms with E-state index in [0.717, 1.165) is 43.5 Å². The summed E-state index contributed by atoms with van der Waals surface area (Å²) in [5.41, 5.74) is 8.04. The zero-order valence-electron chi connectivity index (χ0n) is 19.4. The Kier molecular flexibility index (Phi) is 7.08. The van der Waals surface area contributed by atoms with Crippen molar-refractivity contribution in [3.8, 4) is 0 Å². The predicted octanol–water partition coefficient (Wildman–Crippen LogP) is 4.55. The van der Waals surface area contributed by atoms with Crippen molar-refractivity contribution in [2.75, 3.05) is 23.3 Å². The fraction of sp³-hybridized carbons (Fsp3) is 0.286. The molecular weight excluding hydrogens is 410 g/mol. The van der Waals surface area contributed by atoms with Crippen LogP contribution in [0.4, 0.5) is 11.4 Å². The second kappa shape index (κ2) is 10.3. The quantitative estimate of drug-likeness (QED) is 0.436. The lowest BCUT2D eigenvalue weighted by Gasteiger charge is -2.30. The highest BCUT2D eigenvalue weighted by Crippen LogP contribution is 2.25. The molecule has 0 aromatic heterocycles. The number of aryl methyl sites for hydroxylation is 2. The second-order valence-electron chi connectivity index (χ2n) is 8.67. The average Bonchev–Trinajstić information content (AvgIpc) is 2.84. The maximum atomic E-state index is 12.2. The minimum atomic E-state index is -0.629. The standard InChI is InChI=1S/C28H31N3O2/c1-20-7-5-11-26(21(20)2)30-28(33)27(32)29-17-6-8-22-12-14-25(15-13-22)31-18-16-23-9-3-4-10-24(23)19-31/h3-5,7,9-15H,6,8,16-19H2,1-2H3,(H,29,32)(H,30,33). The number of hydrogen-bond acceptors (Lipinski definition) is 3. The minimum Gasteiger partial charge on any atom is -0.367 e. The van der Waals surface area contributed by atoms with Crippen LogP contribution in [0.25, 0.3) is 0 Å². The van der Waals surface area contributed by atoms with Crippen LogP contribution in [0.1, 0.15) is 34.2 Å². The van der Waals surface area contributed by atoms with E-state index in [1.165, 1.54) is 22.4 Å². The van der Waals surface area contributed by atoms with Crippen molar-refractivity contribution in [2.45, 2.75) is 39.7 Å². The molecule has 170 valence electrons. The van der Waals surface area contributed by atoms with E-state index < -0.39 is 11.8 Å². The van der Waals surface area contributed by atoms with Gasteiger partial charge in [-0.1, -0.05) is 48.5 Å². The average molecular weight is 442 g/mol. The van der Waals surface area contributed by atoms with E-state index >= 15 is 0 Å². The van der Waals surface area contributed by atoms with Gasteiger partial charge in [0.25, 0.3) is 0 Å². The lowest BCUT2D eigenvalue weighted by atomic mass is 9.99. The monoisotopic (exact) mass is 441 g/mol. The van der Waals surface area contributed by atoms with Gasteiger partial charge in [-0.25, -0.2) is 0 Å². The summed E-state index contributed by atoms with van der Waals surface area (Å²) in [6.45, 7) is 6.35. The molecule has 1 aliphatic rings. The Morgan fingerprint density at radius 3 is 2.42 bits per heavy atom. The first kappa shape index (κ1) is 22.6. The number of amides is 2. The number of fused-ring (bicyclic) bond motifs is 1. The van der Waals surface area contributed by atoms with Gasteiger partial charge >= 0.3 is 11.8 Å². The van der Waals surface area contributed by atoms with E-state index in [1.54, 1.807) is 6.07 Å². The van der Waals surface area contributed by atoms with E-state index in [0.29, 0.717) is 12.2 Å². The molecule has 0 spiro atoms. The van der Waals surface area contributed by atoms with E-state index in [4.69, 9.17) is 0 Å². The first-order valence-electron chi connectivity index (χ1n) is 11.6. The van der Waals surface area contributed by atoms with E-state index in [2.05, 4.69) is 64.1 Å². The summed E-state index contributed by atoms with van der Waals surface area (Å²) in [7, 11) is 0. The molecule has 3 aromatic rings. The van der Waals surface area contributed by atoms with Crippen LogP contribution in [0.2, 0.25) is 0 Å². The van der Waals surface area contributed by atoms with Gasteiger partial charge in [0.1, 0.15) is 0 Å². The van der Waals surface area contributed by atoms with Crippen LogP contribution in [-0.4, -0.2) is 24.9 Å². The van der Waals surface area contributed by atoms with Crippen LogP contribution in [0.5, 0.6) is 0 Å². The lowest BCUT2D eigenvalue weighted by molar-refractivity contribution is -0.136. The molecule has 0 aliphatic carbocycles. The van der Waals surface area contributed by atoms with E-state index in [-0.39, 0.29) is 0 Å². The molecule has 2 amide bonds. The molecule has 5 nitrogen and oxygen atoms in total. The number of anilines is 2. The van der Waals surface area contributed by atoms with Gasteiger partial charge in [0.2, 0.25) is 0 Å². The molecule has 0 atom stereocenters. The number of rotatable bonds is 6. The molecule has 1 aliphatic heterocycles. The predicted molar refractivity (Wildman–Crippen MR) is 134 cm³/mol. The molecule has 3 aromatic carbocycles. The van der Waals surface area contributed by atoms with Crippen LogP contribution in [0.3, 0.4) is 0 Å². The fourth-order valence-electron chi connectivity index (χ4n) is 4.23. The van der Waals surface area contributed by atoms with Crippen molar-refractivity contribution >= 4 is 23.2 Å². The maximum Gasteiger partial charge on any atom is 0.313 e. The maximum absolute atomic E-state index is 12.2. The topological polar surface area (TPSA) is 61.4 Å². The molecule has 33 heavy (non-hydrogen) atoms. The van der Waals surface area contributed by atoms with Gasteiger partial charge in [-0.05, 0) is 79.1 Å². The lowest BCUT2D eigenvalue weighted by Crippen LogP contribution is -2.36. The summed E-state index contributed by atoms with van der Waals surface area (Å²) < 4.78 is 0. The largest absolute Gasteiger partial charge is 0.367 e. The molecule has 0 bridgehead atoms. The first-order chi connectivity index (χ1) is 16.0. The molecule has 0 saturated heterocycles. The van der Waals surface area contributed by atoms with E-state index in [1.807, 2.05) is 26.0 Å². The molecular formula is C28H31N3O2. The van der Waals surface area contributed by atoms with Crippen LogP contribution in [0.15, 0.2) is 66.7 Å². The SMILES string of the molecule is Cc1cccc(NC(=O)C(=O)NCCCc2ccc(N3CCc4ccccc4C3)cc2)c1C. The van der Waals surface area contributed by atoms with Crippen molar-refractivity contribution < 1.29 is 9.59 Å². The van der Waals surface area contributed by atoms with Crippen molar-refractivity contribution in [2.24, 2.45) is 0 Å². The normalized spacial score (nSPS) is 12.7. The summed E-state index contributed by atoms with van der Waals surface area (Å²) in [5, 5.41) is 5.42. The van der Waals surface area contributed by atoms with Gasteiger partial charge < -0.3 is 15.5 Å². The van der Waals surface area contributed by atoms with Gasteiger partial charge in [-0.3, -0.25) is 9.59 Å². The Hall–Kier alpha value is -3.60. The number of nitrogens with zero attached hydrogens (tertiary/aromatic N) is 1. The third-order valence-electron chi connectivity index (χ3n) is 6.42. The number of hydrogen-bond donors (Lipinski definition) is 2. The molecule has 0 radical (unpaired) electrons. The second-order valence-corrected chi connectivity index (χ2v) is 8.67. The molecule has 1 heterocycles. The highest BCUT2D eigenvalue weighted by Gasteiger charge is 2.16. The number of carbonyl (C=O) groups is 2. The van der Waals surface area contributed by atoms with Gasteiger partial charge in [0, 0.05) is 31.0 Å². The summed E-state index contributed by atoms with van der Waals surface area (Å²) in [6, 6.07) is 23.0. The number of carbonyl (C=O) groups excluding carboxylic acids is 2. The van der Waals surface area contributed by atoms with Crippen LogP contribution in [0, 0.1) is 13.8 Å². The summed E-state index contributed by atoms with van der Waals surface area (Å²) in [5.74, 6) is -1.23. The smallest absolute Gasteiger partial charge is 0.313 e. The van der Waals surface area contributed by atoms with Crippen molar-refractivity contribution in [3.05, 3.63) is 94.5 Å². The highest BCUT2D eigenvalue weighted by atomic mass is 16.2. The van der Waals surface area contributed by atoms with Crippen molar-refractivity contribution in [3.63, 3.8) is 0 Å². The summed E-state index contributed by atoms with van der Waals surface area (Å²) >= 11 is 0. The highest BCUT2D eigenvalue weighted by molar-refractivity contribution is 6.39. The zero-order valence-corrected chi connectivity index (χ0v) is 19.4. The zero-order chi connectivity index (χ0) is 23.2. The van der Waals surface area contributed by atoms with Crippen molar-refractivity contribution in [1.82, 2.24) is 5.32 Å². The molecule has 0 unspecified atom stereocenters. The van der Waals surface area contributed by atoms with Crippen molar-refractivity contribution in [1.29, 1.82) is 0 Å². The first-order valence-corrected chi connectivity index (χ1v) is 11.6. The Morgan fingerprint density at radius 2 is 1.64 bits per heavy atom. The van der Waals surface area contributed by atoms with Gasteiger partial charge in [-0.15, -0.1) is 0 Å². The Morgan fingerprint density at radius 1 is 0.879 bits per heavy atom. The van der Waals surface area contributed by atoms with Crippen LogP contribution < -0.4 is 15.5 Å². The number of nitrogens with one attached hydrogen (secondary N) is 2. The third-order valence-corrected chi connectivity index (χ3v) is 6.42. The molecule has 0 fully saturated rings. The van der Waals surface area contributed by atoms with Gasteiger partial charge in [0.15, 0.2) is 0 Å². The van der Waals surface area contributed by atoms with Gasteiger partial charge in [0.05, 0.1) is 0 Å². The minimum absolute atomic E-state index is 0.462. The molecule has 4 rings (SSSR count). The van der Waals surface area contributed by atoms with Crippen LogP contribution in [-0.2, 0) is 29.0 Å². The van der Waals surface area contributed by atoms with E-state index in [9.17, 15) is 9.59 Å². The summed E-state index contributed by atoms with van der Waals surface area (Å²) in [4.78, 5) is 26.7. The fourth-order valence-corrected chi connectivity index (χ4v) is 4.23.